The highest BCUT2D eigenvalue weighted by atomic mass is 79.9. The molecule has 2 heterocycles. The van der Waals surface area contributed by atoms with Crippen molar-refractivity contribution in [2.45, 2.75) is 24.4 Å². The van der Waals surface area contributed by atoms with E-state index in [4.69, 9.17) is 11.6 Å². The van der Waals surface area contributed by atoms with Crippen molar-refractivity contribution in [2.75, 3.05) is 11.5 Å². The molecule has 0 bridgehead atoms. The first-order chi connectivity index (χ1) is 13.3. The van der Waals surface area contributed by atoms with Crippen LogP contribution in [0.15, 0.2) is 51.9 Å². The van der Waals surface area contributed by atoms with Crippen LogP contribution < -0.4 is 0 Å². The normalized spacial score (nSPS) is 23.0. The Hall–Kier alpha value is -1.09. The molecule has 0 amide bonds. The Bertz CT molecular complexity index is 1030. The topological polar surface area (TPSA) is 49.7 Å². The van der Waals surface area contributed by atoms with Crippen LogP contribution in [0.3, 0.4) is 0 Å². The smallest absolute Gasteiger partial charge is 0.160 e. The molecule has 0 aromatic heterocycles. The maximum atomic E-state index is 14.1. The van der Waals surface area contributed by atoms with Crippen molar-refractivity contribution in [3.05, 3.63) is 68.9 Å². The molecule has 1 fully saturated rings. The lowest BCUT2D eigenvalue weighted by Crippen LogP contribution is -2.38. The number of nitrogens with zero attached hydrogens (tertiary/aromatic N) is 2. The molecule has 9 heteroatoms. The Labute approximate surface area is 181 Å². The third-order valence-electron chi connectivity index (χ3n) is 4.85. The van der Waals surface area contributed by atoms with E-state index in [-0.39, 0.29) is 29.4 Å². The first-order valence-corrected chi connectivity index (χ1v) is 12.6. The van der Waals surface area contributed by atoms with Crippen LogP contribution in [0.4, 0.5) is 4.39 Å². The van der Waals surface area contributed by atoms with Crippen LogP contribution >= 0.6 is 39.3 Å². The van der Waals surface area contributed by atoms with Gasteiger partial charge in [0.2, 0.25) is 0 Å². The van der Waals surface area contributed by atoms with Gasteiger partial charge in [-0.2, -0.15) is 0 Å². The lowest BCUT2D eigenvalue weighted by Gasteiger charge is -2.26. The number of hydrogen-bond donors (Lipinski definition) is 0. The highest BCUT2D eigenvalue weighted by molar-refractivity contribution is 9.10. The summed E-state index contributed by atoms with van der Waals surface area (Å²) >= 11 is 10.7. The molecular weight excluding hydrogens is 487 g/mol. The highest BCUT2D eigenvalue weighted by Gasteiger charge is 2.46. The summed E-state index contributed by atoms with van der Waals surface area (Å²) in [6.45, 7) is 0.544. The third kappa shape index (κ3) is 4.40. The quantitative estimate of drug-likeness (QED) is 0.616. The Kier molecular flexibility index (Phi) is 5.75. The van der Waals surface area contributed by atoms with Crippen LogP contribution in [0.1, 0.15) is 11.1 Å². The van der Waals surface area contributed by atoms with Gasteiger partial charge in [-0.05, 0) is 35.4 Å². The number of benzene rings is 2. The highest BCUT2D eigenvalue weighted by Crippen LogP contribution is 2.34. The number of hydrogen-bond acceptors (Lipinski definition) is 5. The molecule has 148 valence electrons. The van der Waals surface area contributed by atoms with Gasteiger partial charge in [-0.1, -0.05) is 57.5 Å². The largest absolute Gasteiger partial charge is 0.341 e. The molecule has 0 radical (unpaired) electrons. The van der Waals surface area contributed by atoms with Crippen molar-refractivity contribution in [3.8, 4) is 0 Å². The van der Waals surface area contributed by atoms with Gasteiger partial charge in [0.1, 0.15) is 5.82 Å². The average molecular weight is 504 g/mol. The van der Waals surface area contributed by atoms with E-state index in [0.717, 1.165) is 10.7 Å². The molecule has 0 saturated carbocycles. The molecule has 2 aliphatic rings. The van der Waals surface area contributed by atoms with Crippen LogP contribution in [0.2, 0.25) is 5.02 Å². The molecule has 28 heavy (non-hydrogen) atoms. The first-order valence-electron chi connectivity index (χ1n) is 8.67. The fourth-order valence-electron chi connectivity index (χ4n) is 3.46. The van der Waals surface area contributed by atoms with Crippen molar-refractivity contribution < 1.29 is 12.8 Å². The zero-order chi connectivity index (χ0) is 19.9. The number of sulfone groups is 1. The maximum absolute atomic E-state index is 14.1. The summed E-state index contributed by atoms with van der Waals surface area (Å²) in [5, 5.41) is 1.42. The van der Waals surface area contributed by atoms with Crippen molar-refractivity contribution in [1.29, 1.82) is 0 Å². The summed E-state index contributed by atoms with van der Waals surface area (Å²) in [4.78, 5) is 6.71. The van der Waals surface area contributed by atoms with E-state index in [0.29, 0.717) is 27.4 Å². The van der Waals surface area contributed by atoms with Crippen LogP contribution in [0, 0.1) is 5.82 Å². The Balaban J connectivity index is 1.55. The summed E-state index contributed by atoms with van der Waals surface area (Å²) < 4.78 is 39.0. The number of aliphatic imine (C=N–C) groups is 1. The van der Waals surface area contributed by atoms with Gasteiger partial charge in [0.25, 0.3) is 0 Å². The zero-order valence-corrected chi connectivity index (χ0v) is 18.7. The molecule has 2 atom stereocenters. The van der Waals surface area contributed by atoms with E-state index >= 15 is 0 Å². The second-order valence-electron chi connectivity index (χ2n) is 6.90. The molecule has 2 aromatic rings. The number of thioether (sulfide) groups is 1. The summed E-state index contributed by atoms with van der Waals surface area (Å²) in [6, 6.07) is 12.1. The minimum absolute atomic E-state index is 0.0749. The monoisotopic (exact) mass is 502 g/mol. The fourth-order valence-corrected chi connectivity index (χ4v) is 6.89. The number of fused-ring (bicyclic) bond motifs is 1. The van der Waals surface area contributed by atoms with Gasteiger partial charge in [0.15, 0.2) is 15.0 Å². The summed E-state index contributed by atoms with van der Waals surface area (Å²) in [6.07, 6.45) is 0. The Morgan fingerprint density at radius 1 is 1.21 bits per heavy atom. The Morgan fingerprint density at radius 2 is 1.96 bits per heavy atom. The van der Waals surface area contributed by atoms with Gasteiger partial charge in [-0.3, -0.25) is 4.99 Å². The van der Waals surface area contributed by atoms with Gasteiger partial charge >= 0.3 is 0 Å². The number of amidine groups is 1. The van der Waals surface area contributed by atoms with Crippen LogP contribution in [-0.2, 0) is 22.1 Å². The van der Waals surface area contributed by atoms with E-state index in [9.17, 15) is 12.8 Å². The van der Waals surface area contributed by atoms with Crippen molar-refractivity contribution >= 4 is 54.3 Å². The van der Waals surface area contributed by atoms with Gasteiger partial charge < -0.3 is 4.90 Å². The summed E-state index contributed by atoms with van der Waals surface area (Å²) in [5.41, 5.74) is 1.62. The number of rotatable bonds is 4. The summed E-state index contributed by atoms with van der Waals surface area (Å²) in [5.74, 6) is 0.338. The SMILES string of the molecule is O=S1(=O)CC2N=C(SCc3ccc(Br)cc3F)N(Cc3ccc(Cl)cc3)C2C1. The minimum atomic E-state index is -3.08. The minimum Gasteiger partial charge on any atom is -0.341 e. The molecule has 2 aromatic carbocycles. The van der Waals surface area contributed by atoms with E-state index in [2.05, 4.69) is 20.9 Å². The first kappa shape index (κ1) is 20.2. The van der Waals surface area contributed by atoms with Crippen LogP contribution in [0.25, 0.3) is 0 Å². The van der Waals surface area contributed by atoms with E-state index in [1.165, 1.54) is 17.8 Å². The molecule has 0 spiro atoms. The van der Waals surface area contributed by atoms with Gasteiger partial charge in [0.05, 0.1) is 23.6 Å². The molecule has 4 rings (SSSR count). The summed E-state index contributed by atoms with van der Waals surface area (Å²) in [7, 11) is -3.08. The van der Waals surface area contributed by atoms with Gasteiger partial charge in [-0.25, -0.2) is 12.8 Å². The van der Waals surface area contributed by atoms with Crippen molar-refractivity contribution in [2.24, 2.45) is 4.99 Å². The molecule has 4 nitrogen and oxygen atoms in total. The van der Waals surface area contributed by atoms with E-state index in [1.807, 2.05) is 35.2 Å². The zero-order valence-electron chi connectivity index (χ0n) is 14.7. The van der Waals surface area contributed by atoms with E-state index < -0.39 is 9.84 Å². The third-order valence-corrected chi connectivity index (χ3v) is 8.35. The molecule has 0 aliphatic carbocycles. The predicted molar refractivity (Wildman–Crippen MR) is 116 cm³/mol. The second kappa shape index (κ2) is 7.97. The molecule has 0 N–H and O–H groups in total. The number of halogens is 3. The lowest BCUT2D eigenvalue weighted by atomic mass is 10.1. The standard InChI is InChI=1S/C19H17BrClFN2O2S2/c20-14-4-3-13(16(22)7-14)9-27-19-23-17-10-28(25,26)11-18(17)24(19)8-12-1-5-15(21)6-2-12/h1-7,17-18H,8-11H2. The van der Waals surface area contributed by atoms with Crippen molar-refractivity contribution in [1.82, 2.24) is 4.90 Å². The van der Waals surface area contributed by atoms with Crippen LogP contribution in [0.5, 0.6) is 0 Å². The predicted octanol–water partition coefficient (Wildman–Crippen LogP) is 4.51. The Morgan fingerprint density at radius 3 is 2.68 bits per heavy atom. The molecule has 2 unspecified atom stereocenters. The van der Waals surface area contributed by atoms with E-state index in [1.54, 1.807) is 6.07 Å². The van der Waals surface area contributed by atoms with Gasteiger partial charge in [-0.15, -0.1) is 0 Å². The van der Waals surface area contributed by atoms with Crippen LogP contribution in [-0.4, -0.2) is 42.1 Å². The fraction of sp³-hybridized carbons (Fsp3) is 0.316. The molecule has 1 saturated heterocycles. The van der Waals surface area contributed by atoms with Crippen molar-refractivity contribution in [3.63, 3.8) is 0 Å². The molecular formula is C19H17BrClFN2O2S2. The average Bonchev–Trinajstić information content (AvgIpc) is 3.08. The maximum Gasteiger partial charge on any atom is 0.160 e. The lowest BCUT2D eigenvalue weighted by molar-refractivity contribution is 0.343. The van der Waals surface area contributed by atoms with Gasteiger partial charge in [0, 0.05) is 21.8 Å². The second-order valence-corrected chi connectivity index (χ2v) is 11.4. The molecule has 2 aliphatic heterocycles.